The molecular formula is C24H31NO4. The van der Waals surface area contributed by atoms with Crippen molar-refractivity contribution in [3.63, 3.8) is 0 Å². The van der Waals surface area contributed by atoms with E-state index in [0.717, 1.165) is 56.2 Å². The SMILES string of the molecule is COc1ccccc1[C@]1(CCNCc2ccc3c(c2)OCO3)CCOC(C)(C)C1. The van der Waals surface area contributed by atoms with Gasteiger partial charge < -0.3 is 24.3 Å². The van der Waals surface area contributed by atoms with Crippen molar-refractivity contribution in [1.29, 1.82) is 0 Å². The Morgan fingerprint density at radius 1 is 1.07 bits per heavy atom. The van der Waals surface area contributed by atoms with Crippen molar-refractivity contribution in [2.24, 2.45) is 0 Å². The van der Waals surface area contributed by atoms with Crippen molar-refractivity contribution in [3.8, 4) is 17.2 Å². The van der Waals surface area contributed by atoms with E-state index in [1.165, 1.54) is 11.1 Å². The summed E-state index contributed by atoms with van der Waals surface area (Å²) in [5, 5.41) is 3.62. The number of ether oxygens (including phenoxy) is 4. The fourth-order valence-electron chi connectivity index (χ4n) is 4.75. The normalized spacial score (nSPS) is 22.4. The van der Waals surface area contributed by atoms with Crippen LogP contribution in [0.5, 0.6) is 17.2 Å². The van der Waals surface area contributed by atoms with Crippen molar-refractivity contribution in [3.05, 3.63) is 53.6 Å². The van der Waals surface area contributed by atoms with Crippen LogP contribution in [0.4, 0.5) is 0 Å². The smallest absolute Gasteiger partial charge is 0.231 e. The van der Waals surface area contributed by atoms with E-state index in [9.17, 15) is 0 Å². The van der Waals surface area contributed by atoms with Gasteiger partial charge in [0.25, 0.3) is 0 Å². The van der Waals surface area contributed by atoms with Gasteiger partial charge in [-0.1, -0.05) is 24.3 Å². The fourth-order valence-corrected chi connectivity index (χ4v) is 4.75. The van der Waals surface area contributed by atoms with Gasteiger partial charge in [-0.15, -0.1) is 0 Å². The zero-order valence-corrected chi connectivity index (χ0v) is 17.6. The molecule has 2 aromatic carbocycles. The van der Waals surface area contributed by atoms with Crippen LogP contribution < -0.4 is 19.5 Å². The van der Waals surface area contributed by atoms with E-state index < -0.39 is 0 Å². The minimum Gasteiger partial charge on any atom is -0.496 e. The third-order valence-electron chi connectivity index (χ3n) is 6.06. The van der Waals surface area contributed by atoms with Gasteiger partial charge in [-0.3, -0.25) is 0 Å². The molecule has 0 aliphatic carbocycles. The van der Waals surface area contributed by atoms with Gasteiger partial charge in [0.05, 0.1) is 12.7 Å². The molecule has 0 spiro atoms. The van der Waals surface area contributed by atoms with Crippen LogP contribution >= 0.6 is 0 Å². The Labute approximate surface area is 173 Å². The van der Waals surface area contributed by atoms with Crippen LogP contribution in [-0.2, 0) is 16.7 Å². The number of hydrogen-bond donors (Lipinski definition) is 1. The molecule has 5 nitrogen and oxygen atoms in total. The van der Waals surface area contributed by atoms with Crippen molar-refractivity contribution < 1.29 is 18.9 Å². The molecule has 2 aliphatic heterocycles. The number of hydrogen-bond acceptors (Lipinski definition) is 5. The van der Waals surface area contributed by atoms with Crippen molar-refractivity contribution in [2.45, 2.75) is 50.7 Å². The minimum absolute atomic E-state index is 0.0379. The largest absolute Gasteiger partial charge is 0.496 e. The molecule has 29 heavy (non-hydrogen) atoms. The molecule has 1 atom stereocenters. The predicted octanol–water partition coefficient (Wildman–Crippen LogP) is 4.43. The zero-order chi connectivity index (χ0) is 20.3. The fraction of sp³-hybridized carbons (Fsp3) is 0.500. The molecule has 0 aromatic heterocycles. The summed E-state index contributed by atoms with van der Waals surface area (Å²) in [6.07, 6.45) is 3.01. The van der Waals surface area contributed by atoms with Crippen LogP contribution in [-0.4, -0.2) is 32.7 Å². The summed E-state index contributed by atoms with van der Waals surface area (Å²) in [4.78, 5) is 0. The quantitative estimate of drug-likeness (QED) is 0.701. The second kappa shape index (κ2) is 8.25. The summed E-state index contributed by atoms with van der Waals surface area (Å²) in [6, 6.07) is 14.6. The highest BCUT2D eigenvalue weighted by molar-refractivity contribution is 5.44. The van der Waals surface area contributed by atoms with Crippen LogP contribution in [0.25, 0.3) is 0 Å². The van der Waals surface area contributed by atoms with Crippen LogP contribution in [0.1, 0.15) is 44.2 Å². The number of rotatable bonds is 7. The molecule has 1 fully saturated rings. The van der Waals surface area contributed by atoms with E-state index in [1.54, 1.807) is 7.11 Å². The van der Waals surface area contributed by atoms with Crippen LogP contribution in [0.15, 0.2) is 42.5 Å². The standard InChI is InChI=1S/C24H31NO4/c1-23(2)16-24(11-13-29-23,19-6-4-5-7-20(19)26-3)10-12-25-15-18-8-9-21-22(14-18)28-17-27-21/h4-9,14,25H,10-13,15-17H2,1-3H3/t24-/m1/s1. The molecule has 0 unspecified atom stereocenters. The van der Waals surface area contributed by atoms with Crippen LogP contribution in [0.3, 0.4) is 0 Å². The number of para-hydroxylation sites is 1. The zero-order valence-electron chi connectivity index (χ0n) is 17.6. The first-order valence-corrected chi connectivity index (χ1v) is 10.4. The van der Waals surface area contributed by atoms with E-state index in [1.807, 2.05) is 12.1 Å². The van der Waals surface area contributed by atoms with E-state index >= 15 is 0 Å². The van der Waals surface area contributed by atoms with Gasteiger partial charge in [0.15, 0.2) is 11.5 Å². The maximum Gasteiger partial charge on any atom is 0.231 e. The summed E-state index contributed by atoms with van der Waals surface area (Å²) < 4.78 is 22.7. The molecule has 0 saturated carbocycles. The third kappa shape index (κ3) is 4.36. The lowest BCUT2D eigenvalue weighted by atomic mass is 9.67. The van der Waals surface area contributed by atoms with Gasteiger partial charge in [-0.2, -0.15) is 0 Å². The van der Waals surface area contributed by atoms with Gasteiger partial charge in [0.2, 0.25) is 6.79 Å². The number of fused-ring (bicyclic) bond motifs is 1. The lowest BCUT2D eigenvalue weighted by Crippen LogP contribution is -2.45. The molecule has 4 rings (SSSR count). The molecule has 0 bridgehead atoms. The minimum atomic E-state index is -0.142. The topological polar surface area (TPSA) is 49.0 Å². The molecule has 5 heteroatoms. The Morgan fingerprint density at radius 3 is 2.72 bits per heavy atom. The molecule has 0 amide bonds. The van der Waals surface area contributed by atoms with E-state index in [-0.39, 0.29) is 11.0 Å². The van der Waals surface area contributed by atoms with E-state index in [4.69, 9.17) is 18.9 Å². The lowest BCUT2D eigenvalue weighted by molar-refractivity contribution is -0.0843. The molecular weight excluding hydrogens is 366 g/mol. The van der Waals surface area contributed by atoms with Gasteiger partial charge in [0.1, 0.15) is 5.75 Å². The molecule has 156 valence electrons. The Bertz CT molecular complexity index is 851. The first-order chi connectivity index (χ1) is 14.0. The average Bonchev–Trinajstić information content (AvgIpc) is 3.18. The molecule has 1 saturated heterocycles. The first kappa shape index (κ1) is 20.0. The summed E-state index contributed by atoms with van der Waals surface area (Å²) in [5.41, 5.74) is 2.39. The molecule has 2 aromatic rings. The summed E-state index contributed by atoms with van der Waals surface area (Å²) >= 11 is 0. The lowest BCUT2D eigenvalue weighted by Gasteiger charge is -2.46. The van der Waals surface area contributed by atoms with Crippen LogP contribution in [0, 0.1) is 0 Å². The Balaban J connectivity index is 1.46. The molecule has 1 N–H and O–H groups in total. The highest BCUT2D eigenvalue weighted by Gasteiger charge is 2.43. The summed E-state index contributed by atoms with van der Waals surface area (Å²) in [5.74, 6) is 2.63. The highest BCUT2D eigenvalue weighted by Crippen LogP contribution is 2.46. The number of nitrogens with one attached hydrogen (secondary N) is 1. The van der Waals surface area contributed by atoms with Crippen molar-refractivity contribution in [1.82, 2.24) is 5.32 Å². The predicted molar refractivity (Wildman–Crippen MR) is 113 cm³/mol. The second-order valence-electron chi connectivity index (χ2n) is 8.63. The van der Waals surface area contributed by atoms with Crippen molar-refractivity contribution in [2.75, 3.05) is 27.1 Å². The van der Waals surface area contributed by atoms with E-state index in [2.05, 4.69) is 49.5 Å². The molecule has 2 aliphatic rings. The highest BCUT2D eigenvalue weighted by atomic mass is 16.7. The summed E-state index contributed by atoms with van der Waals surface area (Å²) in [7, 11) is 1.76. The second-order valence-corrected chi connectivity index (χ2v) is 8.63. The Hall–Kier alpha value is -2.24. The first-order valence-electron chi connectivity index (χ1n) is 10.4. The molecule has 2 heterocycles. The number of methoxy groups -OCH3 is 1. The van der Waals surface area contributed by atoms with Crippen LogP contribution in [0.2, 0.25) is 0 Å². The Kier molecular flexibility index (Phi) is 5.70. The van der Waals surface area contributed by atoms with Crippen molar-refractivity contribution >= 4 is 0 Å². The van der Waals surface area contributed by atoms with Gasteiger partial charge in [0, 0.05) is 24.1 Å². The Morgan fingerprint density at radius 2 is 1.90 bits per heavy atom. The van der Waals surface area contributed by atoms with Gasteiger partial charge in [-0.05, 0) is 63.4 Å². The number of benzene rings is 2. The van der Waals surface area contributed by atoms with Gasteiger partial charge >= 0.3 is 0 Å². The third-order valence-corrected chi connectivity index (χ3v) is 6.06. The maximum atomic E-state index is 6.05. The molecule has 0 radical (unpaired) electrons. The monoisotopic (exact) mass is 397 g/mol. The summed E-state index contributed by atoms with van der Waals surface area (Å²) in [6.45, 7) is 7.19. The average molecular weight is 398 g/mol. The van der Waals surface area contributed by atoms with E-state index in [0.29, 0.717) is 6.79 Å². The van der Waals surface area contributed by atoms with Gasteiger partial charge in [-0.25, -0.2) is 0 Å². The maximum absolute atomic E-state index is 6.05.